The second-order valence-corrected chi connectivity index (χ2v) is 10.9. The molecule has 2 aromatic carbocycles. The summed E-state index contributed by atoms with van der Waals surface area (Å²) < 4.78 is 25.8. The van der Waals surface area contributed by atoms with Crippen LogP contribution in [0.15, 0.2) is 64.9 Å². The molecule has 4 rings (SSSR count). The summed E-state index contributed by atoms with van der Waals surface area (Å²) >= 11 is 1.52. The van der Waals surface area contributed by atoms with E-state index in [0.29, 0.717) is 11.3 Å². The predicted octanol–water partition coefficient (Wildman–Crippen LogP) is 3.49. The maximum absolute atomic E-state index is 13.6. The van der Waals surface area contributed by atoms with Gasteiger partial charge in [0.05, 0.1) is 10.9 Å². The molecule has 1 unspecified atom stereocenters. The van der Waals surface area contributed by atoms with E-state index < -0.39 is 16.1 Å². The number of aryl methyl sites for hydroxylation is 1. The average molecular weight is 470 g/mol. The van der Waals surface area contributed by atoms with Crippen LogP contribution in [0, 0.1) is 6.92 Å². The van der Waals surface area contributed by atoms with Gasteiger partial charge in [-0.1, -0.05) is 23.8 Å². The highest BCUT2D eigenvalue weighted by Gasteiger charge is 2.34. The molecule has 32 heavy (non-hydrogen) atoms. The number of carbonyl (C=O) groups excluding carboxylic acids is 2. The maximum atomic E-state index is 13.6. The number of amides is 2. The van der Waals surface area contributed by atoms with Crippen molar-refractivity contribution >= 4 is 38.9 Å². The minimum absolute atomic E-state index is 0.100. The molecular formula is C23H23N3O4S2. The Morgan fingerprint density at radius 3 is 2.47 bits per heavy atom. The molecule has 7 nitrogen and oxygen atoms in total. The third kappa shape index (κ3) is 4.06. The predicted molar refractivity (Wildman–Crippen MR) is 124 cm³/mol. The Bertz CT molecular complexity index is 1270. The van der Waals surface area contributed by atoms with Crippen LogP contribution < -0.4 is 5.32 Å². The molecule has 1 atom stereocenters. The Morgan fingerprint density at radius 1 is 1.12 bits per heavy atom. The van der Waals surface area contributed by atoms with E-state index in [2.05, 4.69) is 5.32 Å². The van der Waals surface area contributed by atoms with Gasteiger partial charge in [-0.05, 0) is 48.7 Å². The lowest BCUT2D eigenvalue weighted by Crippen LogP contribution is -2.38. The first-order valence-electron chi connectivity index (χ1n) is 9.96. The second kappa shape index (κ2) is 8.50. The Balaban J connectivity index is 1.78. The van der Waals surface area contributed by atoms with E-state index in [-0.39, 0.29) is 23.3 Å². The van der Waals surface area contributed by atoms with Gasteiger partial charge in [0.2, 0.25) is 15.9 Å². The minimum atomic E-state index is -3.60. The molecule has 0 saturated heterocycles. The summed E-state index contributed by atoms with van der Waals surface area (Å²) in [7, 11) is -0.696. The van der Waals surface area contributed by atoms with Gasteiger partial charge < -0.3 is 10.2 Å². The van der Waals surface area contributed by atoms with Crippen molar-refractivity contribution in [2.45, 2.75) is 17.9 Å². The number of hydrogen-bond donors (Lipinski definition) is 1. The van der Waals surface area contributed by atoms with Crippen molar-refractivity contribution in [1.82, 2.24) is 9.21 Å². The Labute approximate surface area is 191 Å². The van der Waals surface area contributed by atoms with E-state index >= 15 is 0 Å². The van der Waals surface area contributed by atoms with E-state index in [1.165, 1.54) is 49.7 Å². The van der Waals surface area contributed by atoms with Gasteiger partial charge in [0, 0.05) is 35.8 Å². The molecule has 2 heterocycles. The van der Waals surface area contributed by atoms with Gasteiger partial charge in [-0.2, -0.15) is 0 Å². The van der Waals surface area contributed by atoms with Crippen molar-refractivity contribution in [3.8, 4) is 0 Å². The van der Waals surface area contributed by atoms with Gasteiger partial charge in [0.1, 0.15) is 6.54 Å². The van der Waals surface area contributed by atoms with Crippen LogP contribution in [-0.2, 0) is 14.8 Å². The Morgan fingerprint density at radius 2 is 1.84 bits per heavy atom. The summed E-state index contributed by atoms with van der Waals surface area (Å²) in [4.78, 5) is 28.8. The van der Waals surface area contributed by atoms with E-state index in [9.17, 15) is 18.0 Å². The monoisotopic (exact) mass is 469 g/mol. The molecular weight excluding hydrogens is 446 g/mol. The Kier molecular flexibility index (Phi) is 5.89. The number of anilines is 1. The fourth-order valence-electron chi connectivity index (χ4n) is 3.71. The second-order valence-electron chi connectivity index (χ2n) is 7.80. The molecule has 0 aliphatic carbocycles. The van der Waals surface area contributed by atoms with E-state index in [4.69, 9.17) is 0 Å². The molecule has 0 spiro atoms. The van der Waals surface area contributed by atoms with E-state index in [1.807, 2.05) is 42.6 Å². The van der Waals surface area contributed by atoms with Gasteiger partial charge >= 0.3 is 0 Å². The molecule has 0 bridgehead atoms. The summed E-state index contributed by atoms with van der Waals surface area (Å²) in [6.45, 7) is 1.85. The summed E-state index contributed by atoms with van der Waals surface area (Å²) in [6.07, 6.45) is 0. The lowest BCUT2D eigenvalue weighted by molar-refractivity contribution is -0.117. The van der Waals surface area contributed by atoms with Gasteiger partial charge in [-0.3, -0.25) is 9.59 Å². The van der Waals surface area contributed by atoms with Crippen molar-refractivity contribution in [3.05, 3.63) is 81.5 Å². The molecule has 1 N–H and O–H groups in total. The van der Waals surface area contributed by atoms with Crippen LogP contribution in [0.25, 0.3) is 0 Å². The molecule has 0 fully saturated rings. The van der Waals surface area contributed by atoms with Crippen LogP contribution in [0.2, 0.25) is 0 Å². The lowest BCUT2D eigenvalue weighted by Gasteiger charge is -2.29. The largest absolute Gasteiger partial charge is 0.324 e. The highest BCUT2D eigenvalue weighted by Crippen LogP contribution is 2.39. The number of fused-ring (bicyclic) bond motifs is 1. The zero-order chi connectivity index (χ0) is 23.0. The maximum Gasteiger partial charge on any atom is 0.255 e. The summed E-state index contributed by atoms with van der Waals surface area (Å²) in [5, 5.41) is 4.85. The first-order chi connectivity index (χ1) is 15.2. The van der Waals surface area contributed by atoms with E-state index in [0.717, 1.165) is 20.3 Å². The van der Waals surface area contributed by atoms with Crippen molar-refractivity contribution in [1.29, 1.82) is 0 Å². The Hall–Kier alpha value is -3.01. The van der Waals surface area contributed by atoms with Crippen LogP contribution in [0.1, 0.15) is 32.4 Å². The molecule has 166 valence electrons. The highest BCUT2D eigenvalue weighted by molar-refractivity contribution is 7.89. The van der Waals surface area contributed by atoms with Crippen molar-refractivity contribution in [2.75, 3.05) is 26.0 Å². The topological polar surface area (TPSA) is 86.8 Å². The highest BCUT2D eigenvalue weighted by atomic mass is 32.2. The zero-order valence-corrected chi connectivity index (χ0v) is 19.5. The fraction of sp³-hybridized carbons (Fsp3) is 0.217. The molecule has 3 aromatic rings. The quantitative estimate of drug-likeness (QED) is 0.634. The number of nitrogens with zero attached hydrogens (tertiary/aromatic N) is 2. The van der Waals surface area contributed by atoms with Crippen molar-refractivity contribution < 1.29 is 18.0 Å². The first kappa shape index (κ1) is 22.2. The molecule has 9 heteroatoms. The average Bonchev–Trinajstić information content (AvgIpc) is 3.24. The van der Waals surface area contributed by atoms with Gasteiger partial charge in [0.25, 0.3) is 5.91 Å². The molecule has 0 radical (unpaired) electrons. The van der Waals surface area contributed by atoms with Crippen LogP contribution >= 0.6 is 11.3 Å². The number of sulfonamides is 1. The number of rotatable bonds is 4. The number of benzene rings is 2. The SMILES string of the molecule is Cc1ccc2c(c1)C(c1cccs1)N(C(=O)c1ccc(S(=O)(=O)N(C)C)cc1)CC(=O)N2. The van der Waals surface area contributed by atoms with Gasteiger partial charge in [0.15, 0.2) is 0 Å². The number of carbonyl (C=O) groups is 2. The fourth-order valence-corrected chi connectivity index (χ4v) is 5.47. The first-order valence-corrected chi connectivity index (χ1v) is 12.3. The normalized spacial score (nSPS) is 16.4. The van der Waals surface area contributed by atoms with Crippen molar-refractivity contribution in [3.63, 3.8) is 0 Å². The van der Waals surface area contributed by atoms with Crippen LogP contribution in [-0.4, -0.2) is 50.1 Å². The molecule has 1 aliphatic heterocycles. The van der Waals surface area contributed by atoms with Gasteiger partial charge in [-0.25, -0.2) is 12.7 Å². The lowest BCUT2D eigenvalue weighted by atomic mass is 9.99. The van der Waals surface area contributed by atoms with Gasteiger partial charge in [-0.15, -0.1) is 11.3 Å². The molecule has 1 aromatic heterocycles. The van der Waals surface area contributed by atoms with Crippen LogP contribution in [0.5, 0.6) is 0 Å². The smallest absolute Gasteiger partial charge is 0.255 e. The third-order valence-corrected chi connectivity index (χ3v) is 8.11. The summed E-state index contributed by atoms with van der Waals surface area (Å²) in [5.41, 5.74) is 2.86. The number of nitrogens with one attached hydrogen (secondary N) is 1. The minimum Gasteiger partial charge on any atom is -0.324 e. The molecule has 1 aliphatic rings. The number of hydrogen-bond acceptors (Lipinski definition) is 5. The standard InChI is InChI=1S/C23H23N3O4S2/c1-15-6-11-19-18(13-15)22(20-5-4-12-31-20)26(14-21(27)24-19)23(28)16-7-9-17(10-8-16)32(29,30)25(2)3/h4-13,22H,14H2,1-3H3,(H,24,27). The number of thiophene rings is 1. The zero-order valence-electron chi connectivity index (χ0n) is 17.9. The van der Waals surface area contributed by atoms with Crippen LogP contribution in [0.3, 0.4) is 0 Å². The van der Waals surface area contributed by atoms with Crippen LogP contribution in [0.4, 0.5) is 5.69 Å². The summed E-state index contributed by atoms with van der Waals surface area (Å²) in [6, 6.07) is 15.0. The molecule has 2 amide bonds. The summed E-state index contributed by atoms with van der Waals surface area (Å²) in [5.74, 6) is -0.629. The van der Waals surface area contributed by atoms with Crippen molar-refractivity contribution in [2.24, 2.45) is 0 Å². The third-order valence-electron chi connectivity index (χ3n) is 5.35. The van der Waals surface area contributed by atoms with E-state index in [1.54, 1.807) is 4.90 Å². The molecule has 0 saturated carbocycles.